The van der Waals surface area contributed by atoms with Crippen LogP contribution in [0.2, 0.25) is 0 Å². The van der Waals surface area contributed by atoms with Crippen LogP contribution in [0.1, 0.15) is 63.1 Å². The number of rotatable bonds is 6. The monoisotopic (exact) mass is 348 g/mol. The Bertz CT molecular complexity index is 572. The van der Waals surface area contributed by atoms with E-state index in [1.165, 1.54) is 43.4 Å². The van der Waals surface area contributed by atoms with E-state index in [9.17, 15) is 0 Å². The number of nitrogens with zero attached hydrogens (tertiary/aromatic N) is 3. The minimum atomic E-state index is 0.151. The second-order valence-corrected chi connectivity index (χ2v) is 9.14. The summed E-state index contributed by atoms with van der Waals surface area (Å²) in [6, 6.07) is 0. The molecule has 1 aromatic rings. The van der Waals surface area contributed by atoms with Crippen molar-refractivity contribution in [2.24, 2.45) is 12.5 Å². The minimum absolute atomic E-state index is 0.151. The van der Waals surface area contributed by atoms with Crippen LogP contribution in [0.25, 0.3) is 0 Å². The molecule has 2 heterocycles. The molecular weight excluding hydrogens is 312 g/mol. The molecule has 5 nitrogen and oxygen atoms in total. The van der Waals surface area contributed by atoms with E-state index in [1.807, 2.05) is 18.8 Å². The smallest absolute Gasteiger partial charge is 0.0700 e. The van der Waals surface area contributed by atoms with Crippen molar-refractivity contribution in [2.75, 3.05) is 33.8 Å². The first-order valence-corrected chi connectivity index (χ1v) is 9.82. The Hall–Kier alpha value is -0.910. The summed E-state index contributed by atoms with van der Waals surface area (Å²) in [5.41, 5.74) is 3.22. The summed E-state index contributed by atoms with van der Waals surface area (Å²) in [6.07, 6.45) is 8.22. The van der Waals surface area contributed by atoms with Crippen LogP contribution in [-0.4, -0.2) is 54.1 Å². The molecule has 1 N–H and O–H groups in total. The van der Waals surface area contributed by atoms with Crippen LogP contribution in [0.4, 0.5) is 0 Å². The predicted octanol–water partition coefficient (Wildman–Crippen LogP) is 2.91. The summed E-state index contributed by atoms with van der Waals surface area (Å²) in [7, 11) is 6.25. The largest absolute Gasteiger partial charge is 0.374 e. The molecule has 25 heavy (non-hydrogen) atoms. The Kier molecular flexibility index (Phi) is 5.57. The van der Waals surface area contributed by atoms with Crippen LogP contribution in [-0.2, 0) is 18.3 Å². The fraction of sp³-hybridized carbons (Fsp3) is 0.850. The fourth-order valence-corrected chi connectivity index (χ4v) is 4.75. The topological polar surface area (TPSA) is 42.3 Å². The number of hydrogen-bond donors (Lipinski definition) is 1. The average Bonchev–Trinajstić information content (AvgIpc) is 3.06. The first kappa shape index (κ1) is 18.9. The van der Waals surface area contributed by atoms with Gasteiger partial charge in [-0.05, 0) is 51.6 Å². The van der Waals surface area contributed by atoms with Crippen LogP contribution < -0.4 is 5.32 Å². The summed E-state index contributed by atoms with van der Waals surface area (Å²) in [5.74, 6) is 0.590. The molecule has 1 aliphatic carbocycles. The molecule has 0 unspecified atom stereocenters. The van der Waals surface area contributed by atoms with Gasteiger partial charge in [-0.15, -0.1) is 0 Å². The molecule has 2 fully saturated rings. The van der Waals surface area contributed by atoms with Crippen molar-refractivity contribution >= 4 is 0 Å². The molecule has 1 saturated heterocycles. The van der Waals surface area contributed by atoms with Crippen molar-refractivity contribution < 1.29 is 4.74 Å². The van der Waals surface area contributed by atoms with Crippen LogP contribution in [0.3, 0.4) is 0 Å². The van der Waals surface area contributed by atoms with Gasteiger partial charge in [-0.25, -0.2) is 0 Å². The molecule has 0 amide bonds. The number of hydrogen-bond acceptors (Lipinski definition) is 4. The van der Waals surface area contributed by atoms with Gasteiger partial charge in [0, 0.05) is 44.4 Å². The van der Waals surface area contributed by atoms with Crippen molar-refractivity contribution in [2.45, 2.75) is 64.0 Å². The Morgan fingerprint density at radius 2 is 2.08 bits per heavy atom. The lowest BCUT2D eigenvalue weighted by Gasteiger charge is -2.37. The Morgan fingerprint density at radius 1 is 1.36 bits per heavy atom. The van der Waals surface area contributed by atoms with E-state index in [0.29, 0.717) is 11.3 Å². The van der Waals surface area contributed by atoms with E-state index in [0.717, 1.165) is 26.2 Å². The highest BCUT2D eigenvalue weighted by molar-refractivity contribution is 5.22. The first-order chi connectivity index (χ1) is 11.8. The minimum Gasteiger partial charge on any atom is -0.374 e. The third kappa shape index (κ3) is 4.44. The van der Waals surface area contributed by atoms with Crippen molar-refractivity contribution in [1.82, 2.24) is 20.0 Å². The second kappa shape index (κ2) is 7.37. The van der Waals surface area contributed by atoms with Crippen LogP contribution in [0.5, 0.6) is 0 Å². The van der Waals surface area contributed by atoms with Crippen LogP contribution >= 0.6 is 0 Å². The maximum atomic E-state index is 6.28. The van der Waals surface area contributed by atoms with Crippen LogP contribution in [0.15, 0.2) is 6.20 Å². The van der Waals surface area contributed by atoms with E-state index in [1.54, 1.807) is 0 Å². The van der Waals surface area contributed by atoms with Gasteiger partial charge < -0.3 is 15.0 Å². The van der Waals surface area contributed by atoms with Crippen LogP contribution in [0, 0.1) is 5.41 Å². The lowest BCUT2D eigenvalue weighted by atomic mass is 9.72. The average molecular weight is 349 g/mol. The molecular formula is C20H36N4O. The van der Waals surface area contributed by atoms with Gasteiger partial charge >= 0.3 is 0 Å². The summed E-state index contributed by atoms with van der Waals surface area (Å²) in [5, 5.41) is 8.07. The molecule has 0 bridgehead atoms. The van der Waals surface area contributed by atoms with Gasteiger partial charge in [0.2, 0.25) is 0 Å². The molecule has 5 heteroatoms. The van der Waals surface area contributed by atoms with Gasteiger partial charge in [0.15, 0.2) is 0 Å². The number of likely N-dealkylation sites (N-methyl/N-ethyl adjacent to an activating group) is 2. The van der Waals surface area contributed by atoms with Gasteiger partial charge in [0.25, 0.3) is 0 Å². The summed E-state index contributed by atoms with van der Waals surface area (Å²) in [4.78, 5) is 2.38. The van der Waals surface area contributed by atoms with E-state index in [-0.39, 0.29) is 5.60 Å². The van der Waals surface area contributed by atoms with Crippen molar-refractivity contribution in [3.05, 3.63) is 17.5 Å². The lowest BCUT2D eigenvalue weighted by molar-refractivity contribution is -0.0296. The maximum absolute atomic E-state index is 6.28. The van der Waals surface area contributed by atoms with Crippen molar-refractivity contribution in [1.29, 1.82) is 0 Å². The molecule has 0 aromatic carbocycles. The molecule has 2 aliphatic rings. The predicted molar refractivity (Wildman–Crippen MR) is 102 cm³/mol. The number of nitrogens with one attached hydrogen (secondary N) is 1. The highest BCUT2D eigenvalue weighted by atomic mass is 16.5. The molecule has 1 spiro atoms. The number of ether oxygens (including phenoxy) is 1. The lowest BCUT2D eigenvalue weighted by Crippen LogP contribution is -2.34. The molecule has 3 rings (SSSR count). The van der Waals surface area contributed by atoms with E-state index < -0.39 is 0 Å². The normalized spacial score (nSPS) is 29.0. The highest BCUT2D eigenvalue weighted by Crippen LogP contribution is 2.49. The molecule has 0 atom stereocenters. The molecule has 1 aliphatic heterocycles. The Morgan fingerprint density at radius 3 is 2.68 bits per heavy atom. The number of aryl methyl sites for hydroxylation is 1. The second-order valence-electron chi connectivity index (χ2n) is 9.14. The van der Waals surface area contributed by atoms with Gasteiger partial charge in [-0.2, -0.15) is 5.10 Å². The molecule has 142 valence electrons. The third-order valence-electron chi connectivity index (χ3n) is 5.97. The first-order valence-electron chi connectivity index (χ1n) is 9.82. The maximum Gasteiger partial charge on any atom is 0.0700 e. The summed E-state index contributed by atoms with van der Waals surface area (Å²) in [6.45, 7) is 8.66. The van der Waals surface area contributed by atoms with Crippen molar-refractivity contribution in [3.8, 4) is 0 Å². The van der Waals surface area contributed by atoms with E-state index >= 15 is 0 Å². The zero-order valence-corrected chi connectivity index (χ0v) is 16.8. The van der Waals surface area contributed by atoms with E-state index in [2.05, 4.69) is 37.3 Å². The van der Waals surface area contributed by atoms with Crippen molar-refractivity contribution in [3.63, 3.8) is 0 Å². The molecule has 0 radical (unpaired) electrons. The Labute approximate surface area is 153 Å². The number of aromatic nitrogens is 2. The Balaban J connectivity index is 1.63. The zero-order chi connectivity index (χ0) is 18.1. The quantitative estimate of drug-likeness (QED) is 0.858. The van der Waals surface area contributed by atoms with Gasteiger partial charge in [-0.3, -0.25) is 4.68 Å². The molecule has 1 aromatic heterocycles. The van der Waals surface area contributed by atoms with Gasteiger partial charge in [0.05, 0.1) is 17.9 Å². The third-order valence-corrected chi connectivity index (χ3v) is 5.97. The summed E-state index contributed by atoms with van der Waals surface area (Å²) < 4.78 is 8.28. The highest BCUT2D eigenvalue weighted by Gasteiger charge is 2.46. The summed E-state index contributed by atoms with van der Waals surface area (Å²) >= 11 is 0. The van der Waals surface area contributed by atoms with E-state index in [4.69, 9.17) is 9.84 Å². The zero-order valence-electron chi connectivity index (χ0n) is 16.8. The van der Waals surface area contributed by atoms with Gasteiger partial charge in [-0.1, -0.05) is 13.8 Å². The standard InChI is InChI=1S/C20H36N4O/c1-19(2)14-20(25-15-19)8-6-16(7-9-20)18-17(13-24(5)22-18)12-23(4)11-10-21-3/h13,16,21H,6-12,14-15H2,1-5H3/t16-,20+. The van der Waals surface area contributed by atoms with Gasteiger partial charge in [0.1, 0.15) is 0 Å². The SMILES string of the molecule is CNCCN(C)Cc1cn(C)nc1[C@H]1CC[C@@]2(CC1)CC(C)(C)CO2. The molecule has 1 saturated carbocycles. The fourth-order valence-electron chi connectivity index (χ4n) is 4.75.